The highest BCUT2D eigenvalue weighted by Gasteiger charge is 2.20. The van der Waals surface area contributed by atoms with Crippen molar-refractivity contribution in [2.75, 3.05) is 31.5 Å². The molecular weight excluding hydrogens is 434 g/mol. The number of hydrogen-bond acceptors (Lipinski definition) is 6. The zero-order valence-electron chi connectivity index (χ0n) is 19.9. The lowest BCUT2D eigenvalue weighted by Crippen LogP contribution is -2.29. The van der Waals surface area contributed by atoms with Crippen molar-refractivity contribution in [2.45, 2.75) is 19.8 Å². The SMILES string of the molecule is C[C@@H](CNc1nc(-c2ccncc2)c(-c2ccc3ccccc3c2)c2nncn12)CN1CCCC1. The lowest BCUT2D eigenvalue weighted by Gasteiger charge is -2.21. The molecule has 1 fully saturated rings. The van der Waals surface area contributed by atoms with Crippen LogP contribution >= 0.6 is 0 Å². The van der Waals surface area contributed by atoms with Gasteiger partial charge in [-0.2, -0.15) is 0 Å². The van der Waals surface area contributed by atoms with Gasteiger partial charge >= 0.3 is 0 Å². The highest BCUT2D eigenvalue weighted by molar-refractivity contribution is 5.95. The van der Waals surface area contributed by atoms with Gasteiger partial charge in [0.15, 0.2) is 5.65 Å². The van der Waals surface area contributed by atoms with Crippen LogP contribution in [0.3, 0.4) is 0 Å². The van der Waals surface area contributed by atoms with Gasteiger partial charge in [0.25, 0.3) is 0 Å². The van der Waals surface area contributed by atoms with Crippen LogP contribution in [-0.2, 0) is 0 Å². The fourth-order valence-electron chi connectivity index (χ4n) is 5.07. The van der Waals surface area contributed by atoms with E-state index in [1.165, 1.54) is 36.7 Å². The molecule has 0 amide bonds. The van der Waals surface area contributed by atoms with E-state index in [9.17, 15) is 0 Å². The maximum absolute atomic E-state index is 5.13. The molecule has 1 saturated heterocycles. The van der Waals surface area contributed by atoms with Crippen LogP contribution in [0.15, 0.2) is 73.3 Å². The summed E-state index contributed by atoms with van der Waals surface area (Å²) in [6.45, 7) is 6.66. The minimum absolute atomic E-state index is 0.506. The standard InChI is InChI=1S/C28H29N7/c1-20(18-34-14-4-5-15-34)17-30-28-32-26(22-10-12-29-13-11-22)25(27-33-31-19-35(27)28)24-9-8-21-6-2-3-7-23(21)16-24/h2-3,6-13,16,19-20H,4-5,14-15,17-18H2,1H3,(H,30,32)/t20-/m0/s1. The predicted molar refractivity (Wildman–Crippen MR) is 140 cm³/mol. The van der Waals surface area contributed by atoms with E-state index in [-0.39, 0.29) is 0 Å². The summed E-state index contributed by atoms with van der Waals surface area (Å²) in [6, 6.07) is 18.9. The number of anilines is 1. The highest BCUT2D eigenvalue weighted by Crippen LogP contribution is 2.36. The van der Waals surface area contributed by atoms with Gasteiger partial charge in [-0.15, -0.1) is 10.2 Å². The minimum atomic E-state index is 0.506. The molecule has 0 unspecified atom stereocenters. The maximum atomic E-state index is 5.13. The third-order valence-electron chi connectivity index (χ3n) is 6.82. The van der Waals surface area contributed by atoms with Crippen molar-refractivity contribution in [3.63, 3.8) is 0 Å². The Hall–Kier alpha value is -3.84. The number of fused-ring (bicyclic) bond motifs is 2. The molecule has 1 aliphatic heterocycles. The number of likely N-dealkylation sites (tertiary alicyclic amines) is 1. The number of benzene rings is 2. The van der Waals surface area contributed by atoms with Crippen molar-refractivity contribution in [2.24, 2.45) is 5.92 Å². The molecule has 6 rings (SSSR count). The molecule has 0 bridgehead atoms. The Bertz CT molecular complexity index is 1450. The van der Waals surface area contributed by atoms with Gasteiger partial charge in [0.05, 0.1) is 11.3 Å². The number of rotatable bonds is 7. The third kappa shape index (κ3) is 4.35. The van der Waals surface area contributed by atoms with Gasteiger partial charge in [-0.05, 0) is 66.4 Å². The van der Waals surface area contributed by atoms with Crippen molar-refractivity contribution in [1.82, 2.24) is 29.5 Å². The molecule has 1 atom stereocenters. The molecular formula is C28H29N7. The maximum Gasteiger partial charge on any atom is 0.210 e. The van der Waals surface area contributed by atoms with Gasteiger partial charge < -0.3 is 10.2 Å². The minimum Gasteiger partial charge on any atom is -0.355 e. The van der Waals surface area contributed by atoms with E-state index < -0.39 is 0 Å². The predicted octanol–water partition coefficient (Wildman–Crippen LogP) is 5.15. The van der Waals surface area contributed by atoms with Gasteiger partial charge in [-0.25, -0.2) is 4.98 Å². The summed E-state index contributed by atoms with van der Waals surface area (Å²) in [7, 11) is 0. The summed E-state index contributed by atoms with van der Waals surface area (Å²) in [5.74, 6) is 1.26. The Morgan fingerprint density at radius 3 is 2.57 bits per heavy atom. The average molecular weight is 464 g/mol. The van der Waals surface area contributed by atoms with Crippen molar-refractivity contribution in [3.05, 3.63) is 73.3 Å². The van der Waals surface area contributed by atoms with E-state index in [2.05, 4.69) is 74.8 Å². The summed E-state index contributed by atoms with van der Waals surface area (Å²) in [6.07, 6.45) is 7.99. The van der Waals surface area contributed by atoms with Crippen LogP contribution in [0.25, 0.3) is 38.8 Å². The Balaban J connectivity index is 1.43. The first-order valence-electron chi connectivity index (χ1n) is 12.4. The van der Waals surface area contributed by atoms with Crippen LogP contribution in [0.5, 0.6) is 0 Å². The van der Waals surface area contributed by atoms with Gasteiger partial charge in [0.2, 0.25) is 5.95 Å². The fraction of sp³-hybridized carbons (Fsp3) is 0.286. The molecule has 0 aliphatic carbocycles. The molecule has 1 N–H and O–H groups in total. The van der Waals surface area contributed by atoms with E-state index >= 15 is 0 Å². The number of hydrogen-bond donors (Lipinski definition) is 1. The number of aromatic nitrogens is 5. The lowest BCUT2D eigenvalue weighted by molar-refractivity contribution is 0.294. The van der Waals surface area contributed by atoms with E-state index in [1.807, 2.05) is 16.5 Å². The third-order valence-corrected chi connectivity index (χ3v) is 6.82. The second kappa shape index (κ2) is 9.43. The molecule has 5 aromatic rings. The van der Waals surface area contributed by atoms with E-state index in [0.717, 1.165) is 47.1 Å². The zero-order chi connectivity index (χ0) is 23.6. The first-order valence-corrected chi connectivity index (χ1v) is 12.4. The molecule has 0 saturated carbocycles. The zero-order valence-corrected chi connectivity index (χ0v) is 19.9. The summed E-state index contributed by atoms with van der Waals surface area (Å²) in [5, 5.41) is 14.8. The van der Waals surface area contributed by atoms with Crippen molar-refractivity contribution in [3.8, 4) is 22.4 Å². The fourth-order valence-corrected chi connectivity index (χ4v) is 5.07. The Labute approximate surface area is 204 Å². The van der Waals surface area contributed by atoms with Crippen LogP contribution in [0.2, 0.25) is 0 Å². The molecule has 7 nitrogen and oxygen atoms in total. The van der Waals surface area contributed by atoms with Crippen LogP contribution in [0.1, 0.15) is 19.8 Å². The van der Waals surface area contributed by atoms with Crippen molar-refractivity contribution in [1.29, 1.82) is 0 Å². The van der Waals surface area contributed by atoms with Crippen LogP contribution < -0.4 is 5.32 Å². The van der Waals surface area contributed by atoms with Crippen LogP contribution in [-0.4, -0.2) is 55.6 Å². The molecule has 0 radical (unpaired) electrons. The van der Waals surface area contributed by atoms with E-state index in [4.69, 9.17) is 4.98 Å². The summed E-state index contributed by atoms with van der Waals surface area (Å²) in [4.78, 5) is 11.9. The molecule has 0 spiro atoms. The summed E-state index contributed by atoms with van der Waals surface area (Å²) >= 11 is 0. The molecule has 1 aliphatic rings. The lowest BCUT2D eigenvalue weighted by atomic mass is 9.98. The normalized spacial score (nSPS) is 15.1. The van der Waals surface area contributed by atoms with Crippen molar-refractivity contribution < 1.29 is 0 Å². The number of pyridine rings is 1. The molecule has 3 aromatic heterocycles. The largest absolute Gasteiger partial charge is 0.355 e. The Morgan fingerprint density at radius 2 is 1.74 bits per heavy atom. The smallest absolute Gasteiger partial charge is 0.210 e. The average Bonchev–Trinajstić information content (AvgIpc) is 3.60. The van der Waals surface area contributed by atoms with Crippen molar-refractivity contribution >= 4 is 22.4 Å². The number of nitrogens with zero attached hydrogens (tertiary/aromatic N) is 6. The molecule has 7 heteroatoms. The second-order valence-corrected chi connectivity index (χ2v) is 9.48. The Morgan fingerprint density at radius 1 is 0.943 bits per heavy atom. The Kier molecular flexibility index (Phi) is 5.84. The molecule has 2 aromatic carbocycles. The van der Waals surface area contributed by atoms with E-state index in [0.29, 0.717) is 5.92 Å². The second-order valence-electron chi connectivity index (χ2n) is 9.48. The first kappa shape index (κ1) is 21.7. The molecule has 35 heavy (non-hydrogen) atoms. The van der Waals surface area contributed by atoms with Gasteiger partial charge in [0, 0.05) is 31.0 Å². The highest BCUT2D eigenvalue weighted by atomic mass is 15.3. The van der Waals surface area contributed by atoms with Gasteiger partial charge in [-0.1, -0.05) is 43.3 Å². The number of nitrogens with one attached hydrogen (secondary N) is 1. The van der Waals surface area contributed by atoms with Gasteiger partial charge in [-0.3, -0.25) is 9.38 Å². The first-order chi connectivity index (χ1) is 17.3. The molecule has 176 valence electrons. The monoisotopic (exact) mass is 463 g/mol. The van der Waals surface area contributed by atoms with Crippen LogP contribution in [0.4, 0.5) is 5.95 Å². The van der Waals surface area contributed by atoms with Crippen LogP contribution in [0, 0.1) is 5.92 Å². The summed E-state index contributed by atoms with van der Waals surface area (Å²) in [5.41, 5.74) is 4.70. The quantitative estimate of drug-likeness (QED) is 0.360. The summed E-state index contributed by atoms with van der Waals surface area (Å²) < 4.78 is 1.97. The topological polar surface area (TPSA) is 71.2 Å². The molecule has 4 heterocycles. The van der Waals surface area contributed by atoms with Gasteiger partial charge in [0.1, 0.15) is 6.33 Å². The van der Waals surface area contributed by atoms with E-state index in [1.54, 1.807) is 18.7 Å².